The van der Waals surface area contributed by atoms with Crippen LogP contribution in [0.25, 0.3) is 0 Å². The molecule has 0 saturated carbocycles. The topological polar surface area (TPSA) is 88.3 Å². The fraction of sp³-hybridized carbons (Fsp3) is 0.467. The summed E-state index contributed by atoms with van der Waals surface area (Å²) >= 11 is 1.59. The lowest BCUT2D eigenvalue weighted by molar-refractivity contribution is -0.134. The molecule has 23 heavy (non-hydrogen) atoms. The molecule has 1 fully saturated rings. The number of aromatic nitrogens is 3. The van der Waals surface area contributed by atoms with Crippen LogP contribution in [-0.2, 0) is 4.79 Å². The van der Waals surface area contributed by atoms with Gasteiger partial charge in [0, 0.05) is 18.0 Å². The molecule has 0 spiro atoms. The smallest absolute Gasteiger partial charge is 0.358 e. The Labute approximate surface area is 137 Å². The first-order valence-corrected chi connectivity index (χ1v) is 8.41. The van der Waals surface area contributed by atoms with Crippen LogP contribution >= 0.6 is 11.3 Å². The third-order valence-corrected chi connectivity index (χ3v) is 5.21. The van der Waals surface area contributed by atoms with E-state index in [0.29, 0.717) is 6.54 Å². The van der Waals surface area contributed by atoms with Crippen LogP contribution in [0.4, 0.5) is 0 Å². The lowest BCUT2D eigenvalue weighted by Gasteiger charge is -2.34. The number of nitrogens with zero attached hydrogens (tertiary/aromatic N) is 4. The van der Waals surface area contributed by atoms with Crippen LogP contribution in [0.2, 0.25) is 0 Å². The second-order valence-electron chi connectivity index (χ2n) is 5.71. The van der Waals surface area contributed by atoms with Gasteiger partial charge in [0.05, 0.1) is 18.2 Å². The van der Waals surface area contributed by atoms with Crippen molar-refractivity contribution in [1.82, 2.24) is 19.9 Å². The quantitative estimate of drug-likeness (QED) is 0.924. The zero-order valence-electron chi connectivity index (χ0n) is 12.8. The van der Waals surface area contributed by atoms with Crippen LogP contribution in [0.3, 0.4) is 0 Å². The van der Waals surface area contributed by atoms with E-state index in [1.807, 2.05) is 29.3 Å². The van der Waals surface area contributed by atoms with E-state index in [0.717, 1.165) is 24.3 Å². The summed E-state index contributed by atoms with van der Waals surface area (Å²) in [6, 6.07) is 3.90. The first-order chi connectivity index (χ1) is 11.1. The Hall–Kier alpha value is -2.22. The fourth-order valence-corrected chi connectivity index (χ4v) is 3.63. The summed E-state index contributed by atoms with van der Waals surface area (Å²) in [7, 11) is 0. The summed E-state index contributed by atoms with van der Waals surface area (Å²) in [6.45, 7) is 3.19. The van der Waals surface area contributed by atoms with Gasteiger partial charge in [0.25, 0.3) is 0 Å². The van der Waals surface area contributed by atoms with Crippen LogP contribution in [0.5, 0.6) is 0 Å². The largest absolute Gasteiger partial charge is 0.476 e. The zero-order valence-corrected chi connectivity index (χ0v) is 13.6. The molecule has 2 aromatic heterocycles. The molecule has 0 radical (unpaired) electrons. The Morgan fingerprint density at radius 3 is 2.96 bits per heavy atom. The molecule has 1 amide bonds. The summed E-state index contributed by atoms with van der Waals surface area (Å²) in [6.07, 6.45) is 3.17. The summed E-state index contributed by atoms with van der Waals surface area (Å²) in [5.41, 5.74) is -0.0691. The van der Waals surface area contributed by atoms with E-state index in [2.05, 4.69) is 10.3 Å². The van der Waals surface area contributed by atoms with Crippen molar-refractivity contribution in [3.8, 4) is 0 Å². The number of carbonyl (C=O) groups excluding carboxylic acids is 1. The molecule has 3 rings (SSSR count). The maximum absolute atomic E-state index is 12.7. The Kier molecular flexibility index (Phi) is 4.42. The number of carboxylic acid groups (broad SMARTS) is 1. The number of carbonyl (C=O) groups is 2. The van der Waals surface area contributed by atoms with E-state index >= 15 is 0 Å². The molecule has 2 aromatic rings. The van der Waals surface area contributed by atoms with Gasteiger partial charge in [0.15, 0.2) is 5.69 Å². The normalized spacial score (nSPS) is 19.5. The number of hydrogen-bond acceptors (Lipinski definition) is 5. The van der Waals surface area contributed by atoms with Crippen LogP contribution in [-0.4, -0.2) is 50.0 Å². The number of carboxylic acids is 1. The Balaban J connectivity index is 1.70. The van der Waals surface area contributed by atoms with Crippen molar-refractivity contribution in [1.29, 1.82) is 0 Å². The zero-order chi connectivity index (χ0) is 16.4. The first kappa shape index (κ1) is 15.7. The maximum atomic E-state index is 12.7. The lowest BCUT2D eigenvalue weighted by Crippen LogP contribution is -2.42. The van der Waals surface area contributed by atoms with Gasteiger partial charge in [-0.3, -0.25) is 4.79 Å². The molecule has 1 aliphatic heterocycles. The second kappa shape index (κ2) is 6.49. The highest BCUT2D eigenvalue weighted by Crippen LogP contribution is 2.27. The SMILES string of the molecule is CC(C(=O)N1CCCC(n2cc(C(=O)O)nn2)C1)c1cccs1. The third kappa shape index (κ3) is 3.26. The Morgan fingerprint density at radius 2 is 2.30 bits per heavy atom. The molecule has 122 valence electrons. The van der Waals surface area contributed by atoms with Gasteiger partial charge in [0.1, 0.15) is 0 Å². The maximum Gasteiger partial charge on any atom is 0.358 e. The summed E-state index contributed by atoms with van der Waals surface area (Å²) in [5, 5.41) is 18.5. The molecule has 7 nitrogen and oxygen atoms in total. The van der Waals surface area contributed by atoms with E-state index in [-0.39, 0.29) is 23.6 Å². The van der Waals surface area contributed by atoms with Gasteiger partial charge in [-0.1, -0.05) is 11.3 Å². The van der Waals surface area contributed by atoms with E-state index in [1.54, 1.807) is 16.0 Å². The molecule has 8 heteroatoms. The number of likely N-dealkylation sites (tertiary alicyclic amines) is 1. The molecule has 1 saturated heterocycles. The summed E-state index contributed by atoms with van der Waals surface area (Å²) < 4.78 is 1.57. The van der Waals surface area contributed by atoms with E-state index < -0.39 is 5.97 Å². The number of thiophene rings is 1. The van der Waals surface area contributed by atoms with Crippen LogP contribution in [0, 0.1) is 0 Å². The van der Waals surface area contributed by atoms with Gasteiger partial charge in [0.2, 0.25) is 5.91 Å². The Bertz CT molecular complexity index is 697. The van der Waals surface area contributed by atoms with Crippen LogP contribution in [0.1, 0.15) is 47.1 Å². The number of hydrogen-bond donors (Lipinski definition) is 1. The molecular weight excluding hydrogens is 316 g/mol. The van der Waals surface area contributed by atoms with Crippen molar-refractivity contribution >= 4 is 23.2 Å². The fourth-order valence-electron chi connectivity index (χ4n) is 2.86. The van der Waals surface area contributed by atoms with E-state index in [9.17, 15) is 9.59 Å². The average molecular weight is 334 g/mol. The minimum atomic E-state index is -1.09. The van der Waals surface area contributed by atoms with E-state index in [4.69, 9.17) is 5.11 Å². The van der Waals surface area contributed by atoms with Crippen molar-refractivity contribution in [2.45, 2.75) is 31.7 Å². The third-order valence-electron chi connectivity index (χ3n) is 4.15. The number of piperidine rings is 1. The van der Waals surface area contributed by atoms with E-state index in [1.165, 1.54) is 6.20 Å². The average Bonchev–Trinajstić information content (AvgIpc) is 3.25. The highest BCUT2D eigenvalue weighted by atomic mass is 32.1. The molecule has 0 aliphatic carbocycles. The summed E-state index contributed by atoms with van der Waals surface area (Å²) in [4.78, 5) is 26.5. The molecule has 1 N–H and O–H groups in total. The Morgan fingerprint density at radius 1 is 1.48 bits per heavy atom. The van der Waals surface area contributed by atoms with Crippen LogP contribution < -0.4 is 0 Å². The first-order valence-electron chi connectivity index (χ1n) is 7.53. The predicted molar refractivity (Wildman–Crippen MR) is 84.6 cm³/mol. The van der Waals surface area contributed by atoms with Crippen LogP contribution in [0.15, 0.2) is 23.7 Å². The molecule has 3 heterocycles. The van der Waals surface area contributed by atoms with Gasteiger partial charge in [-0.15, -0.1) is 16.4 Å². The van der Waals surface area contributed by atoms with Crippen molar-refractivity contribution in [2.24, 2.45) is 0 Å². The predicted octanol–water partition coefficient (Wildman–Crippen LogP) is 2.00. The minimum Gasteiger partial charge on any atom is -0.476 e. The monoisotopic (exact) mass is 334 g/mol. The highest BCUT2D eigenvalue weighted by Gasteiger charge is 2.29. The van der Waals surface area contributed by atoms with Crippen molar-refractivity contribution in [3.63, 3.8) is 0 Å². The van der Waals surface area contributed by atoms with Crippen molar-refractivity contribution in [2.75, 3.05) is 13.1 Å². The standard InChI is InChI=1S/C15H18N4O3S/c1-10(13-5-3-7-23-13)14(20)18-6-2-4-11(8-18)19-9-12(15(21)22)16-17-19/h3,5,7,9-11H,2,4,6,8H2,1H3,(H,21,22). The van der Waals surface area contributed by atoms with Gasteiger partial charge in [-0.25, -0.2) is 9.48 Å². The lowest BCUT2D eigenvalue weighted by atomic mass is 10.0. The number of amides is 1. The minimum absolute atomic E-state index is 0.0242. The summed E-state index contributed by atoms with van der Waals surface area (Å²) in [5.74, 6) is -1.14. The number of aromatic carboxylic acids is 1. The molecule has 2 atom stereocenters. The molecule has 1 aliphatic rings. The highest BCUT2D eigenvalue weighted by molar-refractivity contribution is 7.10. The molecule has 2 unspecified atom stereocenters. The van der Waals surface area contributed by atoms with Gasteiger partial charge < -0.3 is 10.0 Å². The van der Waals surface area contributed by atoms with Crippen molar-refractivity contribution in [3.05, 3.63) is 34.3 Å². The van der Waals surface area contributed by atoms with Gasteiger partial charge in [-0.05, 0) is 31.2 Å². The molecular formula is C15H18N4O3S. The second-order valence-corrected chi connectivity index (χ2v) is 6.69. The molecule has 0 bridgehead atoms. The van der Waals surface area contributed by atoms with Gasteiger partial charge in [-0.2, -0.15) is 0 Å². The number of rotatable bonds is 4. The van der Waals surface area contributed by atoms with Crippen molar-refractivity contribution < 1.29 is 14.7 Å². The molecule has 0 aromatic carbocycles. The van der Waals surface area contributed by atoms with Gasteiger partial charge >= 0.3 is 5.97 Å².